The first kappa shape index (κ1) is 13.0. The number of amides is 1. The minimum atomic E-state index is -0.289. The number of H-pyrrole nitrogens is 1. The Bertz CT molecular complexity index is 822. The largest absolute Gasteiger partial charge is 0.352 e. The van der Waals surface area contributed by atoms with Gasteiger partial charge in [0.15, 0.2) is 0 Å². The van der Waals surface area contributed by atoms with E-state index in [2.05, 4.69) is 20.4 Å². The second kappa shape index (κ2) is 5.58. The average Bonchev–Trinajstić information content (AvgIpc) is 2.95. The molecule has 0 spiro atoms. The Hall–Kier alpha value is -2.96. The Morgan fingerprint density at radius 1 is 1.29 bits per heavy atom. The van der Waals surface area contributed by atoms with Crippen LogP contribution in [0.5, 0.6) is 0 Å². The van der Waals surface area contributed by atoms with Crippen molar-refractivity contribution in [2.45, 2.75) is 13.0 Å². The molecular weight excluding hydrogens is 270 g/mol. The van der Waals surface area contributed by atoms with Crippen molar-refractivity contribution in [1.82, 2.24) is 24.9 Å². The minimum Gasteiger partial charge on any atom is -0.352 e. The lowest BCUT2D eigenvalue weighted by molar-refractivity contribution is -0.120. The molecule has 0 bridgehead atoms. The molecule has 7 nitrogen and oxygen atoms in total. The zero-order chi connectivity index (χ0) is 14.7. The number of carbonyl (C=O) groups excluding carboxylic acids is 1. The molecule has 0 aliphatic heterocycles. The second-order valence-electron chi connectivity index (χ2n) is 4.55. The van der Waals surface area contributed by atoms with E-state index in [1.54, 1.807) is 0 Å². The van der Waals surface area contributed by atoms with E-state index in [9.17, 15) is 9.59 Å². The number of nitrogens with one attached hydrogen (secondary N) is 2. The topological polar surface area (TPSA) is 92.1 Å². The van der Waals surface area contributed by atoms with Crippen molar-refractivity contribution >= 4 is 11.7 Å². The molecule has 0 atom stereocenters. The van der Waals surface area contributed by atoms with Crippen LogP contribution in [0.3, 0.4) is 0 Å². The molecule has 106 valence electrons. The van der Waals surface area contributed by atoms with Gasteiger partial charge in [-0.05, 0) is 5.56 Å². The number of benzene rings is 1. The number of rotatable bonds is 4. The van der Waals surface area contributed by atoms with Gasteiger partial charge in [0.2, 0.25) is 5.91 Å². The quantitative estimate of drug-likeness (QED) is 0.719. The highest BCUT2D eigenvalue weighted by Gasteiger charge is 2.08. The summed E-state index contributed by atoms with van der Waals surface area (Å²) in [7, 11) is 0. The number of hydrogen-bond acceptors (Lipinski definition) is 4. The van der Waals surface area contributed by atoms with Crippen molar-refractivity contribution < 1.29 is 4.79 Å². The van der Waals surface area contributed by atoms with Gasteiger partial charge in [-0.1, -0.05) is 30.3 Å². The van der Waals surface area contributed by atoms with Gasteiger partial charge in [0.1, 0.15) is 6.33 Å². The molecule has 21 heavy (non-hydrogen) atoms. The summed E-state index contributed by atoms with van der Waals surface area (Å²) in [6, 6.07) is 10.9. The molecule has 0 radical (unpaired) electrons. The summed E-state index contributed by atoms with van der Waals surface area (Å²) in [6.07, 6.45) is 1.43. The normalized spacial score (nSPS) is 10.7. The van der Waals surface area contributed by atoms with E-state index in [-0.39, 0.29) is 23.7 Å². The number of nitrogens with zero attached hydrogens (tertiary/aromatic N) is 3. The second-order valence-corrected chi connectivity index (χ2v) is 4.55. The van der Waals surface area contributed by atoms with Gasteiger partial charge in [-0.2, -0.15) is 4.52 Å². The van der Waals surface area contributed by atoms with Crippen LogP contribution in [0, 0.1) is 0 Å². The first-order chi connectivity index (χ1) is 10.2. The van der Waals surface area contributed by atoms with Crippen molar-refractivity contribution in [3.8, 4) is 0 Å². The Balaban J connectivity index is 1.67. The van der Waals surface area contributed by atoms with Gasteiger partial charge in [0.25, 0.3) is 11.3 Å². The lowest BCUT2D eigenvalue weighted by atomic mass is 10.2. The highest BCUT2D eigenvalue weighted by molar-refractivity contribution is 5.78. The SMILES string of the molecule is O=C(Cc1cc(=O)n2[nH]cnc2n1)NCc1ccccc1. The van der Waals surface area contributed by atoms with E-state index in [0.717, 1.165) is 5.56 Å². The third-order valence-corrected chi connectivity index (χ3v) is 3.00. The lowest BCUT2D eigenvalue weighted by Gasteiger charge is -2.05. The van der Waals surface area contributed by atoms with E-state index in [1.807, 2.05) is 30.3 Å². The summed E-state index contributed by atoms with van der Waals surface area (Å²) in [5.74, 6) is 0.0685. The van der Waals surface area contributed by atoms with Crippen molar-refractivity contribution in [3.05, 3.63) is 64.3 Å². The summed E-state index contributed by atoms with van der Waals surface area (Å²) >= 11 is 0. The fraction of sp³-hybridized carbons (Fsp3) is 0.143. The van der Waals surface area contributed by atoms with Gasteiger partial charge in [-0.15, -0.1) is 0 Å². The predicted octanol–water partition coefficient (Wildman–Crippen LogP) is 0.276. The Kier molecular flexibility index (Phi) is 3.46. The first-order valence-electron chi connectivity index (χ1n) is 6.45. The van der Waals surface area contributed by atoms with Crippen LogP contribution in [0.25, 0.3) is 5.78 Å². The lowest BCUT2D eigenvalue weighted by Crippen LogP contribution is -2.26. The van der Waals surface area contributed by atoms with Crippen LogP contribution in [0.1, 0.15) is 11.3 Å². The maximum absolute atomic E-state index is 11.9. The molecule has 3 aromatic rings. The maximum atomic E-state index is 11.9. The monoisotopic (exact) mass is 283 g/mol. The third kappa shape index (κ3) is 2.97. The van der Waals surface area contributed by atoms with Gasteiger partial charge >= 0.3 is 0 Å². The average molecular weight is 283 g/mol. The number of hydrogen-bond donors (Lipinski definition) is 2. The fourth-order valence-electron chi connectivity index (χ4n) is 1.98. The molecule has 2 aromatic heterocycles. The predicted molar refractivity (Wildman–Crippen MR) is 75.6 cm³/mol. The Morgan fingerprint density at radius 2 is 2.10 bits per heavy atom. The molecule has 0 aliphatic carbocycles. The third-order valence-electron chi connectivity index (χ3n) is 3.00. The summed E-state index contributed by atoms with van der Waals surface area (Å²) in [4.78, 5) is 31.7. The summed E-state index contributed by atoms with van der Waals surface area (Å²) in [5.41, 5.74) is 1.13. The molecular formula is C14H13N5O2. The molecule has 0 fully saturated rings. The van der Waals surface area contributed by atoms with Crippen LogP contribution < -0.4 is 10.9 Å². The van der Waals surface area contributed by atoms with Crippen LogP contribution in [0.2, 0.25) is 0 Å². The number of fused-ring (bicyclic) bond motifs is 1. The van der Waals surface area contributed by atoms with E-state index in [0.29, 0.717) is 12.2 Å². The number of carbonyl (C=O) groups is 1. The zero-order valence-corrected chi connectivity index (χ0v) is 11.1. The standard InChI is InChI=1S/C14H13N5O2/c20-12(15-8-10-4-2-1-3-5-10)6-11-7-13(21)19-14(18-11)16-9-17-19/h1-5,7,9H,6,8H2,(H,15,20)(H,16,17,18). The molecule has 2 heterocycles. The van der Waals surface area contributed by atoms with Gasteiger partial charge in [-0.3, -0.25) is 14.7 Å². The summed E-state index contributed by atoms with van der Waals surface area (Å²) in [6.45, 7) is 0.448. The molecule has 3 rings (SSSR count). The maximum Gasteiger partial charge on any atom is 0.274 e. The summed E-state index contributed by atoms with van der Waals surface area (Å²) < 4.78 is 1.21. The first-order valence-corrected chi connectivity index (χ1v) is 6.45. The highest BCUT2D eigenvalue weighted by atomic mass is 16.1. The molecule has 2 N–H and O–H groups in total. The van der Waals surface area contributed by atoms with Gasteiger partial charge < -0.3 is 5.32 Å². The Morgan fingerprint density at radius 3 is 2.90 bits per heavy atom. The van der Waals surface area contributed by atoms with E-state index in [4.69, 9.17) is 0 Å². The van der Waals surface area contributed by atoms with E-state index >= 15 is 0 Å². The fourth-order valence-corrected chi connectivity index (χ4v) is 1.98. The number of aromatic nitrogens is 4. The molecule has 0 saturated carbocycles. The van der Waals surface area contributed by atoms with Crippen LogP contribution in [0.15, 0.2) is 47.5 Å². The summed E-state index contributed by atoms with van der Waals surface area (Å²) in [5, 5.41) is 5.44. The van der Waals surface area contributed by atoms with Crippen LogP contribution in [0.4, 0.5) is 0 Å². The molecule has 0 unspecified atom stereocenters. The van der Waals surface area contributed by atoms with Gasteiger partial charge in [0.05, 0.1) is 12.1 Å². The van der Waals surface area contributed by atoms with Crippen molar-refractivity contribution in [3.63, 3.8) is 0 Å². The number of aromatic amines is 1. The molecule has 7 heteroatoms. The molecule has 1 amide bonds. The zero-order valence-electron chi connectivity index (χ0n) is 11.1. The van der Waals surface area contributed by atoms with Crippen molar-refractivity contribution in [1.29, 1.82) is 0 Å². The Labute approximate surface area is 119 Å². The highest BCUT2D eigenvalue weighted by Crippen LogP contribution is 1.99. The van der Waals surface area contributed by atoms with Crippen LogP contribution >= 0.6 is 0 Å². The van der Waals surface area contributed by atoms with Crippen molar-refractivity contribution in [2.75, 3.05) is 0 Å². The van der Waals surface area contributed by atoms with Crippen LogP contribution in [-0.4, -0.2) is 25.5 Å². The smallest absolute Gasteiger partial charge is 0.274 e. The van der Waals surface area contributed by atoms with Crippen molar-refractivity contribution in [2.24, 2.45) is 0 Å². The van der Waals surface area contributed by atoms with Gasteiger partial charge in [0, 0.05) is 12.6 Å². The van der Waals surface area contributed by atoms with Gasteiger partial charge in [-0.25, -0.2) is 9.97 Å². The molecule has 0 aliphatic rings. The van der Waals surface area contributed by atoms with Crippen LogP contribution in [-0.2, 0) is 17.8 Å². The minimum absolute atomic E-state index is 0.0471. The van der Waals surface area contributed by atoms with E-state index in [1.165, 1.54) is 16.9 Å². The van der Waals surface area contributed by atoms with E-state index < -0.39 is 0 Å². The molecule has 0 saturated heterocycles. The molecule has 1 aromatic carbocycles.